The van der Waals surface area contributed by atoms with Crippen LogP contribution in [-0.2, 0) is 23.8 Å². The second kappa shape index (κ2) is 18.6. The number of esters is 2. The molecule has 6 heteroatoms. The summed E-state index contributed by atoms with van der Waals surface area (Å²) in [6.07, 6.45) is 20.6. The molecule has 0 aromatic rings. The van der Waals surface area contributed by atoms with Crippen molar-refractivity contribution >= 4 is 17.8 Å². The fraction of sp³-hybridized carbons (Fsp3) is 0.720. The molecular formula is C25H41NO5. The second-order valence-corrected chi connectivity index (χ2v) is 7.90. The fourth-order valence-corrected chi connectivity index (χ4v) is 3.40. The van der Waals surface area contributed by atoms with E-state index in [-0.39, 0.29) is 6.10 Å². The van der Waals surface area contributed by atoms with Gasteiger partial charge in [0.05, 0.1) is 13.7 Å². The van der Waals surface area contributed by atoms with Crippen molar-refractivity contribution in [1.29, 1.82) is 0 Å². The number of hydrogen-bond acceptors (Lipinski definition) is 6. The van der Waals surface area contributed by atoms with Gasteiger partial charge >= 0.3 is 11.9 Å². The number of methoxy groups -OCH3 is 1. The second-order valence-electron chi connectivity index (χ2n) is 7.90. The van der Waals surface area contributed by atoms with Crippen LogP contribution in [0, 0.1) is 0 Å². The Morgan fingerprint density at radius 2 is 1.74 bits per heavy atom. The first-order chi connectivity index (χ1) is 15.2. The van der Waals surface area contributed by atoms with E-state index in [0.717, 1.165) is 69.7 Å². The van der Waals surface area contributed by atoms with E-state index in [0.29, 0.717) is 6.42 Å². The van der Waals surface area contributed by atoms with Gasteiger partial charge in [-0.3, -0.25) is 4.99 Å². The molecule has 6 nitrogen and oxygen atoms in total. The van der Waals surface area contributed by atoms with Gasteiger partial charge in [-0.1, -0.05) is 57.6 Å². The average Bonchev–Trinajstić information content (AvgIpc) is 3.29. The van der Waals surface area contributed by atoms with E-state index in [1.165, 1.54) is 45.6 Å². The molecule has 0 aliphatic carbocycles. The fourth-order valence-electron chi connectivity index (χ4n) is 3.40. The summed E-state index contributed by atoms with van der Waals surface area (Å²) in [4.78, 5) is 27.4. The summed E-state index contributed by atoms with van der Waals surface area (Å²) in [5.74, 6) is -0.112. The van der Waals surface area contributed by atoms with Gasteiger partial charge in [0.15, 0.2) is 5.90 Å². The van der Waals surface area contributed by atoms with Gasteiger partial charge in [0, 0.05) is 25.0 Å². The third-order valence-corrected chi connectivity index (χ3v) is 5.19. The lowest BCUT2D eigenvalue weighted by Gasteiger charge is -2.15. The summed E-state index contributed by atoms with van der Waals surface area (Å²) in [6.45, 7) is 3.76. The zero-order valence-electron chi connectivity index (χ0n) is 19.5. The minimum absolute atomic E-state index is 0.149. The highest BCUT2D eigenvalue weighted by molar-refractivity contribution is 5.91. The minimum Gasteiger partial charge on any atom is -0.479 e. The lowest BCUT2D eigenvalue weighted by atomic mass is 10.1. The van der Waals surface area contributed by atoms with Gasteiger partial charge in [-0.05, 0) is 32.1 Å². The summed E-state index contributed by atoms with van der Waals surface area (Å²) in [5.41, 5.74) is 0. The number of ether oxygens (including phenoxy) is 3. The smallest absolute Gasteiger partial charge is 0.331 e. The summed E-state index contributed by atoms with van der Waals surface area (Å²) in [7, 11) is 1.28. The van der Waals surface area contributed by atoms with Crippen LogP contribution in [0.25, 0.3) is 0 Å². The molecule has 0 fully saturated rings. The van der Waals surface area contributed by atoms with Crippen molar-refractivity contribution in [2.75, 3.05) is 20.3 Å². The molecule has 176 valence electrons. The van der Waals surface area contributed by atoms with E-state index in [1.807, 2.05) is 0 Å². The number of rotatable bonds is 18. The highest BCUT2D eigenvalue weighted by Gasteiger charge is 2.11. The summed E-state index contributed by atoms with van der Waals surface area (Å²) in [5, 5.41) is 0. The van der Waals surface area contributed by atoms with Crippen LogP contribution < -0.4 is 0 Å². The molecule has 0 aromatic carbocycles. The highest BCUT2D eigenvalue weighted by atomic mass is 16.5. The SMILES string of the molecule is CCCCCCC(C/C=C/CCCCCCCC1=NCCO1)OC(=O)/C=C\C(=O)OC. The molecule has 0 amide bonds. The highest BCUT2D eigenvalue weighted by Crippen LogP contribution is 2.14. The normalized spacial score (nSPS) is 14.6. The van der Waals surface area contributed by atoms with Gasteiger partial charge < -0.3 is 14.2 Å². The molecule has 1 aliphatic rings. The maximum Gasteiger partial charge on any atom is 0.331 e. The van der Waals surface area contributed by atoms with Crippen molar-refractivity contribution < 1.29 is 23.8 Å². The van der Waals surface area contributed by atoms with Crippen LogP contribution >= 0.6 is 0 Å². The van der Waals surface area contributed by atoms with Gasteiger partial charge in [-0.2, -0.15) is 0 Å². The Bertz CT molecular complexity index is 582. The van der Waals surface area contributed by atoms with Crippen LogP contribution in [0.1, 0.15) is 90.4 Å². The number of carbonyl (C=O) groups excluding carboxylic acids is 2. The Morgan fingerprint density at radius 3 is 2.48 bits per heavy atom. The summed E-state index contributed by atoms with van der Waals surface area (Å²) in [6, 6.07) is 0. The van der Waals surface area contributed by atoms with Crippen LogP contribution in [0.15, 0.2) is 29.3 Å². The molecule has 1 atom stereocenters. The monoisotopic (exact) mass is 435 g/mol. The van der Waals surface area contributed by atoms with Crippen LogP contribution in [0.3, 0.4) is 0 Å². The van der Waals surface area contributed by atoms with E-state index >= 15 is 0 Å². The number of allylic oxidation sites excluding steroid dienone is 1. The average molecular weight is 436 g/mol. The zero-order valence-corrected chi connectivity index (χ0v) is 19.5. The van der Waals surface area contributed by atoms with Gasteiger partial charge in [0.25, 0.3) is 0 Å². The van der Waals surface area contributed by atoms with Crippen molar-refractivity contribution in [3.63, 3.8) is 0 Å². The topological polar surface area (TPSA) is 74.2 Å². The standard InChI is InChI=1S/C25H41NO5/c1-3-4-5-12-15-22(31-25(28)19-18-24(27)29-2)16-13-10-8-6-7-9-11-14-17-23-26-20-21-30-23/h10,13,18-19,22H,3-9,11-12,14-17,20-21H2,1-2H3/b13-10+,19-18-. The number of aliphatic imine (C=N–C) groups is 1. The van der Waals surface area contributed by atoms with Crippen LogP contribution in [-0.4, -0.2) is 44.2 Å². The summed E-state index contributed by atoms with van der Waals surface area (Å²) < 4.78 is 15.5. The Morgan fingerprint density at radius 1 is 1.00 bits per heavy atom. The Hall–Kier alpha value is -2.11. The summed E-state index contributed by atoms with van der Waals surface area (Å²) >= 11 is 0. The molecule has 0 saturated carbocycles. The molecule has 1 aliphatic heterocycles. The Labute approximate surface area is 188 Å². The molecule has 1 heterocycles. The van der Waals surface area contributed by atoms with Crippen LogP contribution in [0.2, 0.25) is 0 Å². The quantitative estimate of drug-likeness (QED) is 0.119. The molecule has 0 spiro atoms. The predicted octanol–water partition coefficient (Wildman–Crippen LogP) is 5.70. The number of nitrogens with zero attached hydrogens (tertiary/aromatic N) is 1. The van der Waals surface area contributed by atoms with E-state index in [9.17, 15) is 9.59 Å². The molecule has 0 saturated heterocycles. The van der Waals surface area contributed by atoms with Crippen molar-refractivity contribution in [3.05, 3.63) is 24.3 Å². The van der Waals surface area contributed by atoms with Gasteiger partial charge in [0.1, 0.15) is 12.7 Å². The molecular weight excluding hydrogens is 394 g/mol. The van der Waals surface area contributed by atoms with E-state index in [2.05, 4.69) is 28.8 Å². The largest absolute Gasteiger partial charge is 0.479 e. The molecule has 0 bridgehead atoms. The van der Waals surface area contributed by atoms with Crippen LogP contribution in [0.5, 0.6) is 0 Å². The first-order valence-electron chi connectivity index (χ1n) is 11.9. The number of carbonyl (C=O) groups is 2. The minimum atomic E-state index is -0.558. The van der Waals surface area contributed by atoms with E-state index in [4.69, 9.17) is 9.47 Å². The molecule has 1 unspecified atom stereocenters. The first-order valence-corrected chi connectivity index (χ1v) is 11.9. The van der Waals surface area contributed by atoms with Crippen molar-refractivity contribution in [2.24, 2.45) is 4.99 Å². The Balaban J connectivity index is 2.19. The lowest BCUT2D eigenvalue weighted by molar-refractivity contribution is -0.144. The predicted molar refractivity (Wildman–Crippen MR) is 124 cm³/mol. The molecule has 0 aromatic heterocycles. The third kappa shape index (κ3) is 15.4. The molecule has 0 N–H and O–H groups in total. The maximum atomic E-state index is 12.0. The van der Waals surface area contributed by atoms with E-state index in [1.54, 1.807) is 0 Å². The first kappa shape index (κ1) is 26.9. The number of unbranched alkanes of at least 4 members (excludes halogenated alkanes) is 8. The maximum absolute atomic E-state index is 12.0. The van der Waals surface area contributed by atoms with Gasteiger partial charge in [-0.15, -0.1) is 0 Å². The lowest BCUT2D eigenvalue weighted by Crippen LogP contribution is -2.16. The van der Waals surface area contributed by atoms with Gasteiger partial charge in [0.2, 0.25) is 0 Å². The van der Waals surface area contributed by atoms with Crippen molar-refractivity contribution in [2.45, 2.75) is 96.5 Å². The molecule has 1 rings (SSSR count). The Kier molecular flexibility index (Phi) is 16.2. The number of hydrogen-bond donors (Lipinski definition) is 0. The zero-order chi connectivity index (χ0) is 22.6. The van der Waals surface area contributed by atoms with Gasteiger partial charge in [-0.25, -0.2) is 9.59 Å². The van der Waals surface area contributed by atoms with Crippen molar-refractivity contribution in [1.82, 2.24) is 0 Å². The molecule has 31 heavy (non-hydrogen) atoms. The molecule has 0 radical (unpaired) electrons. The van der Waals surface area contributed by atoms with E-state index < -0.39 is 11.9 Å². The third-order valence-electron chi connectivity index (χ3n) is 5.19. The van der Waals surface area contributed by atoms with Crippen LogP contribution in [0.4, 0.5) is 0 Å². The van der Waals surface area contributed by atoms with Crippen molar-refractivity contribution in [3.8, 4) is 0 Å².